The molecule has 0 spiro atoms. The van der Waals surface area contributed by atoms with Crippen molar-refractivity contribution in [3.05, 3.63) is 23.0 Å². The van der Waals surface area contributed by atoms with Crippen LogP contribution in [-0.2, 0) is 9.05 Å². The Bertz CT molecular complexity index is 715. The molecule has 0 radical (unpaired) electrons. The Balaban J connectivity index is 2.95. The Morgan fingerprint density at radius 3 is 2.69 bits per heavy atom. The van der Waals surface area contributed by atoms with Crippen molar-refractivity contribution >= 4 is 42.4 Å². The van der Waals surface area contributed by atoms with Gasteiger partial charge in [0, 0.05) is 10.7 Å². The molecular weight excluding hydrogens is 273 g/mol. The average molecular weight is 276 g/mol. The molecule has 1 aromatic heterocycles. The van der Waals surface area contributed by atoms with Gasteiger partial charge in [-0.25, -0.2) is 13.4 Å². The average Bonchev–Trinajstić information content (AvgIpc) is 2.54. The van der Waals surface area contributed by atoms with Crippen molar-refractivity contribution in [1.82, 2.24) is 9.97 Å². The fraction of sp³-hybridized carbons (Fsp3) is 0. The number of fused-ring (bicyclic) bond motifs is 1. The summed E-state index contributed by atoms with van der Waals surface area (Å²) in [5, 5.41) is 9.00. The summed E-state index contributed by atoms with van der Waals surface area (Å²) in [5.41, 5.74) is 0.551. The van der Waals surface area contributed by atoms with Crippen LogP contribution in [-0.4, -0.2) is 18.4 Å². The summed E-state index contributed by atoms with van der Waals surface area (Å²) in [4.78, 5) is 6.23. The van der Waals surface area contributed by atoms with Crippen molar-refractivity contribution in [2.24, 2.45) is 0 Å². The molecule has 1 heterocycles. The number of aromatic amines is 1. The molecule has 0 bridgehead atoms. The molecule has 0 unspecified atom stereocenters. The third kappa shape index (κ3) is 1.73. The zero-order valence-corrected chi connectivity index (χ0v) is 9.86. The SMILES string of the molecule is N#Cc1c(S(=O)(=O)Cl)ccc2[nH]c(Cl)nc12. The number of hydrogen-bond acceptors (Lipinski definition) is 4. The second-order valence-electron chi connectivity index (χ2n) is 2.91. The van der Waals surface area contributed by atoms with E-state index >= 15 is 0 Å². The minimum atomic E-state index is -3.98. The molecule has 5 nitrogen and oxygen atoms in total. The summed E-state index contributed by atoms with van der Waals surface area (Å²) in [6, 6.07) is 4.44. The lowest BCUT2D eigenvalue weighted by atomic mass is 10.2. The Kier molecular flexibility index (Phi) is 2.54. The molecule has 2 rings (SSSR count). The number of hydrogen-bond donors (Lipinski definition) is 1. The van der Waals surface area contributed by atoms with E-state index in [9.17, 15) is 8.42 Å². The van der Waals surface area contributed by atoms with Gasteiger partial charge in [0.05, 0.1) is 11.1 Å². The van der Waals surface area contributed by atoms with Gasteiger partial charge in [-0.2, -0.15) is 5.26 Å². The van der Waals surface area contributed by atoms with Crippen molar-refractivity contribution in [3.63, 3.8) is 0 Å². The highest BCUT2D eigenvalue weighted by molar-refractivity contribution is 8.13. The van der Waals surface area contributed by atoms with Gasteiger partial charge in [0.25, 0.3) is 9.05 Å². The van der Waals surface area contributed by atoms with Gasteiger partial charge in [-0.05, 0) is 23.7 Å². The lowest BCUT2D eigenvalue weighted by Crippen LogP contribution is -1.95. The number of halogens is 2. The highest BCUT2D eigenvalue weighted by Crippen LogP contribution is 2.26. The summed E-state index contributed by atoms with van der Waals surface area (Å²) in [6.07, 6.45) is 0. The number of nitrogens with one attached hydrogen (secondary N) is 1. The first-order valence-electron chi connectivity index (χ1n) is 3.96. The van der Waals surface area contributed by atoms with E-state index in [1.807, 2.05) is 0 Å². The molecule has 0 amide bonds. The zero-order valence-electron chi connectivity index (χ0n) is 7.53. The molecule has 0 aliphatic rings. The number of benzene rings is 1. The number of rotatable bonds is 1. The van der Waals surface area contributed by atoms with Gasteiger partial charge in [0.2, 0.25) is 5.28 Å². The maximum Gasteiger partial charge on any atom is 0.262 e. The van der Waals surface area contributed by atoms with E-state index in [4.69, 9.17) is 27.5 Å². The van der Waals surface area contributed by atoms with Crippen LogP contribution in [0.1, 0.15) is 5.56 Å². The summed E-state index contributed by atoms with van der Waals surface area (Å²) in [5.74, 6) is 0. The predicted molar refractivity (Wildman–Crippen MR) is 58.9 cm³/mol. The maximum absolute atomic E-state index is 11.2. The summed E-state index contributed by atoms with van der Waals surface area (Å²) in [7, 11) is 1.22. The smallest absolute Gasteiger partial charge is 0.262 e. The van der Waals surface area contributed by atoms with E-state index < -0.39 is 9.05 Å². The third-order valence-electron chi connectivity index (χ3n) is 1.96. The van der Waals surface area contributed by atoms with E-state index in [2.05, 4.69) is 9.97 Å². The van der Waals surface area contributed by atoms with Crippen LogP contribution in [0.15, 0.2) is 17.0 Å². The van der Waals surface area contributed by atoms with Gasteiger partial charge in [0.15, 0.2) is 0 Å². The monoisotopic (exact) mass is 275 g/mol. The summed E-state index contributed by atoms with van der Waals surface area (Å²) < 4.78 is 22.4. The van der Waals surface area contributed by atoms with Gasteiger partial charge < -0.3 is 4.98 Å². The van der Waals surface area contributed by atoms with E-state index in [0.717, 1.165) is 0 Å². The Labute approximate surface area is 100 Å². The number of aromatic nitrogens is 2. The fourth-order valence-electron chi connectivity index (χ4n) is 1.34. The van der Waals surface area contributed by atoms with E-state index in [1.165, 1.54) is 12.1 Å². The van der Waals surface area contributed by atoms with Crippen molar-refractivity contribution in [3.8, 4) is 6.07 Å². The molecule has 0 saturated heterocycles. The molecule has 16 heavy (non-hydrogen) atoms. The Morgan fingerprint density at radius 1 is 1.44 bits per heavy atom. The van der Waals surface area contributed by atoms with Gasteiger partial charge in [-0.1, -0.05) is 0 Å². The minimum Gasteiger partial charge on any atom is -0.329 e. The number of H-pyrrole nitrogens is 1. The molecule has 0 fully saturated rings. The first-order valence-corrected chi connectivity index (χ1v) is 6.65. The molecule has 0 aliphatic heterocycles. The summed E-state index contributed by atoms with van der Waals surface area (Å²) >= 11 is 5.62. The van der Waals surface area contributed by atoms with Crippen molar-refractivity contribution in [2.45, 2.75) is 4.90 Å². The molecule has 0 atom stereocenters. The second kappa shape index (κ2) is 3.63. The van der Waals surface area contributed by atoms with Gasteiger partial charge in [0.1, 0.15) is 16.5 Å². The maximum atomic E-state index is 11.2. The number of nitrogens with zero attached hydrogens (tertiary/aromatic N) is 2. The van der Waals surface area contributed by atoms with Crippen molar-refractivity contribution in [1.29, 1.82) is 5.26 Å². The van der Waals surface area contributed by atoms with Crippen LogP contribution in [0.3, 0.4) is 0 Å². The molecular formula is C8H3Cl2N3O2S. The van der Waals surface area contributed by atoms with Crippen LogP contribution < -0.4 is 0 Å². The van der Waals surface area contributed by atoms with Gasteiger partial charge in [-0.3, -0.25) is 0 Å². The highest BCUT2D eigenvalue weighted by atomic mass is 35.7. The molecule has 1 N–H and O–H groups in total. The molecule has 8 heteroatoms. The van der Waals surface area contributed by atoms with Crippen LogP contribution in [0, 0.1) is 11.3 Å². The van der Waals surface area contributed by atoms with Gasteiger partial charge in [-0.15, -0.1) is 0 Å². The van der Waals surface area contributed by atoms with Crippen LogP contribution in [0.2, 0.25) is 5.28 Å². The first-order chi connectivity index (χ1) is 7.43. The van der Waals surface area contributed by atoms with E-state index in [-0.39, 0.29) is 21.3 Å². The van der Waals surface area contributed by atoms with Crippen LogP contribution in [0.25, 0.3) is 11.0 Å². The molecule has 82 valence electrons. The lowest BCUT2D eigenvalue weighted by Gasteiger charge is -1.99. The standard InChI is InChI=1S/C8H3Cl2N3O2S/c9-8-12-5-1-2-6(16(10,14)15)4(3-11)7(5)13-8/h1-2H,(H,12,13). The van der Waals surface area contributed by atoms with Crippen LogP contribution >= 0.6 is 22.3 Å². The second-order valence-corrected chi connectivity index (χ2v) is 5.80. The fourth-order valence-corrected chi connectivity index (χ4v) is 2.53. The minimum absolute atomic E-state index is 0.0793. The molecule has 0 aliphatic carbocycles. The third-order valence-corrected chi connectivity index (χ3v) is 3.51. The van der Waals surface area contributed by atoms with E-state index in [0.29, 0.717) is 5.52 Å². The van der Waals surface area contributed by atoms with Gasteiger partial charge >= 0.3 is 0 Å². The van der Waals surface area contributed by atoms with E-state index in [1.54, 1.807) is 6.07 Å². The Morgan fingerprint density at radius 2 is 2.12 bits per heavy atom. The molecule has 1 aromatic carbocycles. The van der Waals surface area contributed by atoms with Crippen LogP contribution in [0.5, 0.6) is 0 Å². The molecule has 2 aromatic rings. The van der Waals surface area contributed by atoms with Crippen LogP contribution in [0.4, 0.5) is 0 Å². The predicted octanol–water partition coefficient (Wildman–Crippen LogP) is 2.02. The summed E-state index contributed by atoms with van der Waals surface area (Å²) in [6.45, 7) is 0. The van der Waals surface area contributed by atoms with Crippen molar-refractivity contribution in [2.75, 3.05) is 0 Å². The Hall–Kier alpha value is -1.29. The highest BCUT2D eigenvalue weighted by Gasteiger charge is 2.19. The largest absolute Gasteiger partial charge is 0.329 e. The quantitative estimate of drug-likeness (QED) is 0.807. The van der Waals surface area contributed by atoms with Crippen molar-refractivity contribution < 1.29 is 8.42 Å². The molecule has 0 saturated carbocycles. The normalized spacial score (nSPS) is 11.6. The number of imidazole rings is 1. The topological polar surface area (TPSA) is 86.6 Å². The lowest BCUT2D eigenvalue weighted by molar-refractivity contribution is 0.609. The number of nitriles is 1. The zero-order chi connectivity index (χ0) is 11.9. The first kappa shape index (κ1) is 11.2.